The maximum Gasteiger partial charge on any atom is 0.339 e. The first-order valence-electron chi connectivity index (χ1n) is 12.9. The summed E-state index contributed by atoms with van der Waals surface area (Å²) < 4.78 is 11.4. The van der Waals surface area contributed by atoms with Crippen LogP contribution in [-0.4, -0.2) is 24.2 Å². The number of aromatic nitrogens is 1. The Morgan fingerprint density at radius 1 is 0.919 bits per heavy atom. The van der Waals surface area contributed by atoms with Crippen molar-refractivity contribution in [2.75, 3.05) is 13.2 Å². The molecule has 3 aromatic carbocycles. The highest BCUT2D eigenvalue weighted by atomic mass is 16.6. The molecule has 0 N–H and O–H groups in total. The number of hydrogen-bond acceptors (Lipinski definition) is 4. The van der Waals surface area contributed by atoms with Crippen molar-refractivity contribution in [1.29, 1.82) is 0 Å². The number of fused-ring (bicyclic) bond motifs is 2. The Balaban J connectivity index is 1.39. The standard InChI is InChI=1S/C33H33NO3/c1-22-9-16-26(17-10-22)36-19-20-37-32(35)30-27-7-5-6-8-29(27)34-31-24(13-18-28(30)31)21-23-11-14-25(15-12-23)33(2,3)4/h5-12,14-17,21H,13,18-20H2,1-4H3. The summed E-state index contributed by atoms with van der Waals surface area (Å²) in [5, 5.41) is 0.835. The Hall–Kier alpha value is -3.92. The maximum atomic E-state index is 13.3. The summed E-state index contributed by atoms with van der Waals surface area (Å²) in [6.45, 7) is 9.18. The predicted octanol–water partition coefficient (Wildman–Crippen LogP) is 7.56. The number of benzene rings is 3. The van der Waals surface area contributed by atoms with Crippen molar-refractivity contribution in [1.82, 2.24) is 4.98 Å². The molecule has 188 valence electrons. The van der Waals surface area contributed by atoms with Crippen LogP contribution in [0.15, 0.2) is 72.8 Å². The molecule has 0 radical (unpaired) electrons. The van der Waals surface area contributed by atoms with Crippen LogP contribution in [-0.2, 0) is 16.6 Å². The van der Waals surface area contributed by atoms with Gasteiger partial charge in [0.2, 0.25) is 0 Å². The van der Waals surface area contributed by atoms with Crippen molar-refractivity contribution in [2.24, 2.45) is 0 Å². The van der Waals surface area contributed by atoms with Crippen molar-refractivity contribution in [3.63, 3.8) is 0 Å². The Kier molecular flexibility index (Phi) is 6.84. The van der Waals surface area contributed by atoms with Crippen LogP contribution in [0.2, 0.25) is 0 Å². The number of nitrogens with zero attached hydrogens (tertiary/aromatic N) is 1. The van der Waals surface area contributed by atoms with E-state index in [0.717, 1.165) is 51.9 Å². The van der Waals surface area contributed by atoms with E-state index in [1.807, 2.05) is 55.5 Å². The van der Waals surface area contributed by atoms with E-state index in [1.165, 1.54) is 11.1 Å². The molecular formula is C33H33NO3. The summed E-state index contributed by atoms with van der Waals surface area (Å²) in [6.07, 6.45) is 3.81. The largest absolute Gasteiger partial charge is 0.490 e. The number of carbonyl (C=O) groups is 1. The molecule has 1 aliphatic rings. The number of pyridine rings is 1. The fourth-order valence-electron chi connectivity index (χ4n) is 4.79. The van der Waals surface area contributed by atoms with Crippen molar-refractivity contribution >= 4 is 28.5 Å². The highest BCUT2D eigenvalue weighted by molar-refractivity contribution is 6.07. The summed E-state index contributed by atoms with van der Waals surface area (Å²) in [5.41, 5.74) is 8.20. The summed E-state index contributed by atoms with van der Waals surface area (Å²) in [4.78, 5) is 18.3. The molecule has 37 heavy (non-hydrogen) atoms. The number of aryl methyl sites for hydroxylation is 1. The van der Waals surface area contributed by atoms with Crippen molar-refractivity contribution in [3.8, 4) is 5.75 Å². The van der Waals surface area contributed by atoms with Gasteiger partial charge in [-0.1, -0.05) is 80.9 Å². The van der Waals surface area contributed by atoms with Crippen LogP contribution < -0.4 is 4.74 Å². The van der Waals surface area contributed by atoms with Gasteiger partial charge in [-0.2, -0.15) is 0 Å². The second-order valence-electron chi connectivity index (χ2n) is 10.7. The Morgan fingerprint density at radius 3 is 2.38 bits per heavy atom. The van der Waals surface area contributed by atoms with E-state index in [1.54, 1.807) is 0 Å². The fraction of sp³-hybridized carbons (Fsp3) is 0.273. The molecule has 1 aliphatic carbocycles. The molecule has 0 saturated carbocycles. The fourth-order valence-corrected chi connectivity index (χ4v) is 4.79. The van der Waals surface area contributed by atoms with E-state index in [4.69, 9.17) is 14.5 Å². The minimum Gasteiger partial charge on any atom is -0.490 e. The van der Waals surface area contributed by atoms with Crippen LogP contribution in [0.5, 0.6) is 5.75 Å². The lowest BCUT2D eigenvalue weighted by Gasteiger charge is -2.18. The lowest BCUT2D eigenvalue weighted by Crippen LogP contribution is -2.15. The van der Waals surface area contributed by atoms with E-state index < -0.39 is 0 Å². The second kappa shape index (κ2) is 10.2. The van der Waals surface area contributed by atoms with E-state index in [-0.39, 0.29) is 18.0 Å². The summed E-state index contributed by atoms with van der Waals surface area (Å²) in [6, 6.07) is 24.4. The highest BCUT2D eigenvalue weighted by Crippen LogP contribution is 2.38. The van der Waals surface area contributed by atoms with Gasteiger partial charge >= 0.3 is 5.97 Å². The molecule has 0 aliphatic heterocycles. The van der Waals surface area contributed by atoms with Crippen LogP contribution in [0.4, 0.5) is 0 Å². The van der Waals surface area contributed by atoms with Gasteiger partial charge < -0.3 is 9.47 Å². The average Bonchev–Trinajstić information content (AvgIpc) is 3.27. The lowest BCUT2D eigenvalue weighted by atomic mass is 9.86. The third-order valence-electron chi connectivity index (χ3n) is 6.87. The smallest absolute Gasteiger partial charge is 0.339 e. The van der Waals surface area contributed by atoms with Gasteiger partial charge in [0.05, 0.1) is 16.8 Å². The molecule has 4 heteroatoms. The number of carbonyl (C=O) groups excluding carboxylic acids is 1. The molecule has 0 bridgehead atoms. The van der Waals surface area contributed by atoms with Gasteiger partial charge in [0.1, 0.15) is 19.0 Å². The Labute approximate surface area is 219 Å². The zero-order chi connectivity index (χ0) is 26.0. The van der Waals surface area contributed by atoms with Gasteiger partial charge in [0, 0.05) is 5.39 Å². The van der Waals surface area contributed by atoms with Crippen LogP contribution in [0.25, 0.3) is 22.6 Å². The van der Waals surface area contributed by atoms with E-state index in [9.17, 15) is 4.79 Å². The minimum absolute atomic E-state index is 0.118. The minimum atomic E-state index is -0.321. The molecule has 0 spiro atoms. The van der Waals surface area contributed by atoms with Gasteiger partial charge in [-0.15, -0.1) is 0 Å². The Bertz CT molecular complexity index is 1460. The molecule has 0 fully saturated rings. The number of esters is 1. The zero-order valence-corrected chi connectivity index (χ0v) is 22.0. The number of allylic oxidation sites excluding steroid dienone is 1. The number of para-hydroxylation sites is 1. The third-order valence-corrected chi connectivity index (χ3v) is 6.87. The quantitative estimate of drug-likeness (QED) is 0.206. The molecule has 0 saturated heterocycles. The summed E-state index contributed by atoms with van der Waals surface area (Å²) in [5.74, 6) is 0.445. The highest BCUT2D eigenvalue weighted by Gasteiger charge is 2.27. The van der Waals surface area contributed by atoms with Crippen LogP contribution in [0, 0.1) is 6.92 Å². The zero-order valence-electron chi connectivity index (χ0n) is 22.0. The lowest BCUT2D eigenvalue weighted by molar-refractivity contribution is 0.0451. The topological polar surface area (TPSA) is 48.4 Å². The van der Waals surface area contributed by atoms with Crippen molar-refractivity contribution < 1.29 is 14.3 Å². The maximum absolute atomic E-state index is 13.3. The first-order chi connectivity index (χ1) is 17.8. The number of ether oxygens (including phenoxy) is 2. The monoisotopic (exact) mass is 491 g/mol. The van der Waals surface area contributed by atoms with Gasteiger partial charge in [-0.25, -0.2) is 9.78 Å². The van der Waals surface area contributed by atoms with Crippen LogP contribution in [0.3, 0.4) is 0 Å². The van der Waals surface area contributed by atoms with E-state index >= 15 is 0 Å². The van der Waals surface area contributed by atoms with E-state index in [0.29, 0.717) is 12.2 Å². The average molecular weight is 492 g/mol. The molecule has 0 atom stereocenters. The molecule has 4 aromatic rings. The first-order valence-corrected chi connectivity index (χ1v) is 12.9. The van der Waals surface area contributed by atoms with Gasteiger partial charge in [0.25, 0.3) is 0 Å². The number of rotatable bonds is 6. The van der Waals surface area contributed by atoms with E-state index in [2.05, 4.69) is 51.1 Å². The van der Waals surface area contributed by atoms with Gasteiger partial charge in [0.15, 0.2) is 0 Å². The van der Waals surface area contributed by atoms with Crippen LogP contribution >= 0.6 is 0 Å². The van der Waals surface area contributed by atoms with Gasteiger partial charge in [-0.05, 0) is 71.7 Å². The normalized spacial score (nSPS) is 14.1. The molecule has 5 rings (SSSR count). The van der Waals surface area contributed by atoms with Crippen LogP contribution in [0.1, 0.15) is 65.5 Å². The molecule has 1 aromatic heterocycles. The van der Waals surface area contributed by atoms with Crippen molar-refractivity contribution in [2.45, 2.75) is 46.0 Å². The number of hydrogen-bond donors (Lipinski definition) is 0. The molecular weight excluding hydrogens is 458 g/mol. The third kappa shape index (κ3) is 5.43. The predicted molar refractivity (Wildman–Crippen MR) is 150 cm³/mol. The molecule has 1 heterocycles. The first kappa shape index (κ1) is 24.8. The SMILES string of the molecule is Cc1ccc(OCCOC(=O)c2c3c(nc4ccccc24)C(=Cc2ccc(C(C)(C)C)cc2)CC3)cc1. The molecule has 0 amide bonds. The summed E-state index contributed by atoms with van der Waals surface area (Å²) >= 11 is 0. The van der Waals surface area contributed by atoms with Crippen molar-refractivity contribution in [3.05, 3.63) is 106 Å². The second-order valence-corrected chi connectivity index (χ2v) is 10.7. The van der Waals surface area contributed by atoms with Gasteiger partial charge in [-0.3, -0.25) is 0 Å². The Morgan fingerprint density at radius 2 is 1.65 bits per heavy atom. The molecule has 4 nitrogen and oxygen atoms in total. The molecule has 0 unspecified atom stereocenters. The summed E-state index contributed by atoms with van der Waals surface area (Å²) in [7, 11) is 0.